The van der Waals surface area contributed by atoms with E-state index in [1.165, 1.54) is 0 Å². The Morgan fingerprint density at radius 2 is 2.27 bits per heavy atom. The Bertz CT molecular complexity index is 452. The van der Waals surface area contributed by atoms with Crippen LogP contribution in [0.25, 0.3) is 0 Å². The number of anilines is 1. The number of hydrogen-bond donors (Lipinski definition) is 2. The zero-order chi connectivity index (χ0) is 14.5. The molecule has 1 aliphatic heterocycles. The highest BCUT2D eigenvalue weighted by molar-refractivity contribution is 5.85. The van der Waals surface area contributed by atoms with Gasteiger partial charge in [-0.2, -0.15) is 5.10 Å². The van der Waals surface area contributed by atoms with Gasteiger partial charge in [-0.05, 0) is 26.2 Å². The van der Waals surface area contributed by atoms with Crippen LogP contribution in [0.4, 0.5) is 5.69 Å². The number of halogens is 2. The molecule has 3 N–H and O–H groups in total. The highest BCUT2D eigenvalue weighted by atomic mass is 35.5. The second-order valence-corrected chi connectivity index (χ2v) is 5.74. The number of nitrogens with two attached hydrogens (primary N) is 1. The van der Waals surface area contributed by atoms with Gasteiger partial charge in [0.25, 0.3) is 0 Å². The molecule has 2 heterocycles. The molecule has 1 aliphatic rings. The number of piperidine rings is 1. The fourth-order valence-corrected chi connectivity index (χ4v) is 2.56. The summed E-state index contributed by atoms with van der Waals surface area (Å²) < 4.78 is 1.81. The van der Waals surface area contributed by atoms with Crippen LogP contribution < -0.4 is 16.0 Å². The largest absolute Gasteiger partial charge is 0.367 e. The molecule has 1 aromatic rings. The fraction of sp³-hybridized carbons (Fsp3) is 0.714. The van der Waals surface area contributed by atoms with Gasteiger partial charge in [0.2, 0.25) is 5.91 Å². The smallest absolute Gasteiger partial charge is 0.220 e. The van der Waals surface area contributed by atoms with E-state index in [1.807, 2.05) is 26.4 Å². The highest BCUT2D eigenvalue weighted by Gasteiger charge is 2.22. The van der Waals surface area contributed by atoms with Crippen molar-refractivity contribution in [1.29, 1.82) is 0 Å². The molecule has 1 aromatic heterocycles. The zero-order valence-electron chi connectivity index (χ0n) is 13.2. The van der Waals surface area contributed by atoms with E-state index in [1.54, 1.807) is 4.68 Å². The monoisotopic (exact) mass is 351 g/mol. The van der Waals surface area contributed by atoms with Crippen LogP contribution in [0.1, 0.15) is 32.6 Å². The van der Waals surface area contributed by atoms with Crippen molar-refractivity contribution < 1.29 is 4.79 Å². The summed E-state index contributed by atoms with van der Waals surface area (Å²) in [5.74, 6) is 0.111. The van der Waals surface area contributed by atoms with Crippen molar-refractivity contribution >= 4 is 36.4 Å². The second kappa shape index (κ2) is 9.92. The number of aromatic nitrogens is 2. The Labute approximate surface area is 144 Å². The van der Waals surface area contributed by atoms with Gasteiger partial charge in [-0.3, -0.25) is 9.48 Å². The summed E-state index contributed by atoms with van der Waals surface area (Å²) in [6, 6.07) is 0.309. The van der Waals surface area contributed by atoms with E-state index in [2.05, 4.69) is 15.3 Å². The van der Waals surface area contributed by atoms with Crippen LogP contribution in [0.2, 0.25) is 0 Å². The lowest BCUT2D eigenvalue weighted by molar-refractivity contribution is -0.122. The summed E-state index contributed by atoms with van der Waals surface area (Å²) >= 11 is 0. The molecule has 6 nitrogen and oxygen atoms in total. The maximum atomic E-state index is 11.9. The number of nitrogens with zero attached hydrogens (tertiary/aromatic N) is 3. The SMILES string of the molecule is CC(N)CCC(=O)NC1CCCN(c2cnn(C)c2)C1.Cl.Cl. The molecule has 0 aliphatic carbocycles. The molecule has 1 saturated heterocycles. The predicted octanol–water partition coefficient (Wildman–Crippen LogP) is 1.48. The van der Waals surface area contributed by atoms with Crippen LogP contribution in [0, 0.1) is 0 Å². The number of aryl methyl sites for hydroxylation is 1. The lowest BCUT2D eigenvalue weighted by atomic mass is 10.0. The minimum atomic E-state index is 0. The number of hydrogen-bond acceptors (Lipinski definition) is 4. The lowest BCUT2D eigenvalue weighted by Gasteiger charge is -2.33. The average Bonchev–Trinajstić information content (AvgIpc) is 2.83. The third-order valence-corrected chi connectivity index (χ3v) is 3.67. The van der Waals surface area contributed by atoms with Crippen LogP contribution in [0.3, 0.4) is 0 Å². The first-order valence-electron chi connectivity index (χ1n) is 7.33. The third-order valence-electron chi connectivity index (χ3n) is 3.67. The first kappa shape index (κ1) is 21.0. The first-order chi connectivity index (χ1) is 9.54. The molecule has 0 bridgehead atoms. The quantitative estimate of drug-likeness (QED) is 0.842. The molecule has 8 heteroatoms. The number of nitrogens with one attached hydrogen (secondary N) is 1. The van der Waals surface area contributed by atoms with E-state index >= 15 is 0 Å². The van der Waals surface area contributed by atoms with Gasteiger partial charge in [-0.15, -0.1) is 24.8 Å². The molecule has 0 radical (unpaired) electrons. The molecular weight excluding hydrogens is 325 g/mol. The third kappa shape index (κ3) is 6.42. The number of rotatable bonds is 5. The number of amides is 1. The summed E-state index contributed by atoms with van der Waals surface area (Å²) in [4.78, 5) is 14.1. The summed E-state index contributed by atoms with van der Waals surface area (Å²) in [5, 5.41) is 7.32. The lowest BCUT2D eigenvalue weighted by Crippen LogP contribution is -2.47. The molecule has 1 fully saturated rings. The normalized spacial score (nSPS) is 18.9. The summed E-state index contributed by atoms with van der Waals surface area (Å²) in [5.41, 5.74) is 6.80. The van der Waals surface area contributed by atoms with Crippen molar-refractivity contribution in [1.82, 2.24) is 15.1 Å². The molecule has 128 valence electrons. The van der Waals surface area contributed by atoms with Gasteiger partial charge < -0.3 is 16.0 Å². The maximum Gasteiger partial charge on any atom is 0.220 e. The predicted molar refractivity (Wildman–Crippen MR) is 94.0 cm³/mol. The van der Waals surface area contributed by atoms with E-state index in [4.69, 9.17) is 5.73 Å². The molecule has 2 unspecified atom stereocenters. The molecule has 2 rings (SSSR count). The summed E-state index contributed by atoms with van der Waals surface area (Å²) in [7, 11) is 1.92. The molecule has 22 heavy (non-hydrogen) atoms. The standard InChI is InChI=1S/C14H25N5O.2ClH/c1-11(15)5-6-14(20)17-12-4-3-7-19(9-12)13-8-16-18(2)10-13;;/h8,10-12H,3-7,9,15H2,1-2H3,(H,17,20);2*1H. The summed E-state index contributed by atoms with van der Waals surface area (Å²) in [6.45, 7) is 3.81. The Kier molecular flexibility index (Phi) is 9.48. The maximum absolute atomic E-state index is 11.9. The van der Waals surface area contributed by atoms with E-state index < -0.39 is 0 Å². The van der Waals surface area contributed by atoms with Crippen molar-refractivity contribution in [2.45, 2.75) is 44.7 Å². The minimum Gasteiger partial charge on any atom is -0.367 e. The average molecular weight is 352 g/mol. The first-order valence-corrected chi connectivity index (χ1v) is 7.33. The van der Waals surface area contributed by atoms with E-state index in [0.717, 1.165) is 38.0 Å². The molecule has 0 aromatic carbocycles. The van der Waals surface area contributed by atoms with Crippen LogP contribution in [-0.4, -0.2) is 40.9 Å². The van der Waals surface area contributed by atoms with E-state index in [0.29, 0.717) is 6.42 Å². The van der Waals surface area contributed by atoms with Crippen LogP contribution in [-0.2, 0) is 11.8 Å². The van der Waals surface area contributed by atoms with Crippen molar-refractivity contribution in [2.24, 2.45) is 12.8 Å². The molecule has 1 amide bonds. The van der Waals surface area contributed by atoms with Gasteiger partial charge in [0.1, 0.15) is 0 Å². The Balaban J connectivity index is 0.00000220. The van der Waals surface area contributed by atoms with E-state index in [9.17, 15) is 4.79 Å². The van der Waals surface area contributed by atoms with Gasteiger partial charge in [-0.25, -0.2) is 0 Å². The second-order valence-electron chi connectivity index (χ2n) is 5.74. The highest BCUT2D eigenvalue weighted by Crippen LogP contribution is 2.19. The molecular formula is C14H27Cl2N5O. The van der Waals surface area contributed by atoms with Crippen molar-refractivity contribution in [2.75, 3.05) is 18.0 Å². The zero-order valence-corrected chi connectivity index (χ0v) is 14.8. The minimum absolute atomic E-state index is 0. The number of carbonyl (C=O) groups is 1. The van der Waals surface area contributed by atoms with Crippen molar-refractivity contribution in [3.63, 3.8) is 0 Å². The Hall–Kier alpha value is -0.980. The van der Waals surface area contributed by atoms with Crippen molar-refractivity contribution in [3.05, 3.63) is 12.4 Å². The van der Waals surface area contributed by atoms with Gasteiger partial charge >= 0.3 is 0 Å². The Morgan fingerprint density at radius 3 is 2.86 bits per heavy atom. The molecule has 0 saturated carbocycles. The van der Waals surface area contributed by atoms with Crippen LogP contribution in [0.5, 0.6) is 0 Å². The van der Waals surface area contributed by atoms with Crippen LogP contribution in [0.15, 0.2) is 12.4 Å². The van der Waals surface area contributed by atoms with Crippen molar-refractivity contribution in [3.8, 4) is 0 Å². The van der Waals surface area contributed by atoms with Gasteiger partial charge in [0.15, 0.2) is 0 Å². The number of carbonyl (C=O) groups excluding carboxylic acids is 1. The topological polar surface area (TPSA) is 76.2 Å². The van der Waals surface area contributed by atoms with Crippen LogP contribution >= 0.6 is 24.8 Å². The van der Waals surface area contributed by atoms with Gasteiger partial charge in [-0.1, -0.05) is 0 Å². The van der Waals surface area contributed by atoms with Gasteiger partial charge in [0, 0.05) is 44.8 Å². The summed E-state index contributed by atoms with van der Waals surface area (Å²) in [6.07, 6.45) is 7.28. The molecule has 2 atom stereocenters. The van der Waals surface area contributed by atoms with E-state index in [-0.39, 0.29) is 42.8 Å². The Morgan fingerprint density at radius 1 is 1.55 bits per heavy atom. The fourth-order valence-electron chi connectivity index (χ4n) is 2.56. The van der Waals surface area contributed by atoms with Gasteiger partial charge in [0.05, 0.1) is 11.9 Å². The molecule has 0 spiro atoms.